The van der Waals surface area contributed by atoms with Crippen molar-refractivity contribution in [2.45, 2.75) is 13.0 Å². The summed E-state index contributed by atoms with van der Waals surface area (Å²) in [6, 6.07) is 2.31. The summed E-state index contributed by atoms with van der Waals surface area (Å²) >= 11 is 0. The lowest BCUT2D eigenvalue weighted by Gasteiger charge is -2.10. The quantitative estimate of drug-likeness (QED) is 0.728. The van der Waals surface area contributed by atoms with E-state index in [-0.39, 0.29) is 5.56 Å². The van der Waals surface area contributed by atoms with Crippen molar-refractivity contribution in [1.29, 1.82) is 0 Å². The summed E-state index contributed by atoms with van der Waals surface area (Å²) in [7, 11) is 1.63. The third-order valence-electron chi connectivity index (χ3n) is 1.86. The second-order valence-corrected chi connectivity index (χ2v) is 3.07. The molecule has 5 heteroatoms. The number of anilines is 1. The van der Waals surface area contributed by atoms with Gasteiger partial charge in [-0.1, -0.05) is 0 Å². The first-order valence-corrected chi connectivity index (χ1v) is 4.16. The lowest BCUT2D eigenvalue weighted by atomic mass is 10.3. The molecule has 0 spiro atoms. The van der Waals surface area contributed by atoms with Crippen LogP contribution in [0.15, 0.2) is 23.1 Å². The molecule has 0 radical (unpaired) electrons. The summed E-state index contributed by atoms with van der Waals surface area (Å²) in [5.41, 5.74) is 0.343. The minimum atomic E-state index is -0.953. The van der Waals surface area contributed by atoms with Crippen LogP contribution in [0.3, 0.4) is 0 Å². The van der Waals surface area contributed by atoms with Gasteiger partial charge >= 0.3 is 5.97 Å². The Morgan fingerprint density at radius 3 is 2.79 bits per heavy atom. The Labute approximate surface area is 81.0 Å². The Hall–Kier alpha value is -1.78. The summed E-state index contributed by atoms with van der Waals surface area (Å²) in [6.45, 7) is 1.51. The van der Waals surface area contributed by atoms with E-state index in [9.17, 15) is 9.59 Å². The average Bonchev–Trinajstić information content (AvgIpc) is 2.11. The molecule has 0 aliphatic rings. The standard InChI is InChI=1S/C9H12N2O3/c1-6(9(13)14)10-7-3-4-11(2)8(12)5-7/h3-6,10H,1-2H3,(H,13,14). The van der Waals surface area contributed by atoms with Gasteiger partial charge < -0.3 is 15.0 Å². The van der Waals surface area contributed by atoms with Gasteiger partial charge in [0.05, 0.1) is 0 Å². The molecule has 0 saturated carbocycles. The normalized spacial score (nSPS) is 12.1. The van der Waals surface area contributed by atoms with E-state index < -0.39 is 12.0 Å². The molecule has 76 valence electrons. The number of rotatable bonds is 3. The molecule has 1 atom stereocenters. The van der Waals surface area contributed by atoms with Crippen molar-refractivity contribution >= 4 is 11.7 Å². The number of hydrogen-bond acceptors (Lipinski definition) is 3. The number of carboxylic acid groups (broad SMARTS) is 1. The molecule has 0 aliphatic carbocycles. The van der Waals surface area contributed by atoms with Crippen molar-refractivity contribution < 1.29 is 9.90 Å². The number of carbonyl (C=O) groups is 1. The monoisotopic (exact) mass is 196 g/mol. The van der Waals surface area contributed by atoms with Crippen molar-refractivity contribution in [3.8, 4) is 0 Å². The molecule has 1 rings (SSSR count). The number of aryl methyl sites for hydroxylation is 1. The molecule has 0 amide bonds. The smallest absolute Gasteiger partial charge is 0.325 e. The molecule has 14 heavy (non-hydrogen) atoms. The van der Waals surface area contributed by atoms with Crippen LogP contribution in [-0.2, 0) is 11.8 Å². The molecule has 0 aromatic carbocycles. The topological polar surface area (TPSA) is 71.3 Å². The summed E-state index contributed by atoms with van der Waals surface area (Å²) in [6.07, 6.45) is 1.58. The van der Waals surface area contributed by atoms with Gasteiger partial charge in [0.15, 0.2) is 0 Å². The Bertz CT molecular complexity index is 397. The zero-order valence-corrected chi connectivity index (χ0v) is 8.02. The van der Waals surface area contributed by atoms with E-state index in [0.717, 1.165) is 0 Å². The number of carboxylic acids is 1. The fourth-order valence-electron chi connectivity index (χ4n) is 0.950. The molecule has 0 saturated heterocycles. The van der Waals surface area contributed by atoms with Crippen LogP contribution in [0.2, 0.25) is 0 Å². The first-order chi connectivity index (χ1) is 6.50. The number of nitrogens with zero attached hydrogens (tertiary/aromatic N) is 1. The van der Waals surface area contributed by atoms with Crippen LogP contribution in [0.4, 0.5) is 5.69 Å². The number of aliphatic carboxylic acids is 1. The SMILES string of the molecule is CC(Nc1ccn(C)c(=O)c1)C(=O)O. The largest absolute Gasteiger partial charge is 0.480 e. The lowest BCUT2D eigenvalue weighted by molar-refractivity contribution is -0.137. The molecule has 1 aromatic rings. The molecule has 1 unspecified atom stereocenters. The first-order valence-electron chi connectivity index (χ1n) is 4.16. The number of hydrogen-bond donors (Lipinski definition) is 2. The summed E-state index contributed by atoms with van der Waals surface area (Å²) in [4.78, 5) is 21.7. The van der Waals surface area contributed by atoms with Gasteiger partial charge in [-0.05, 0) is 13.0 Å². The van der Waals surface area contributed by atoms with E-state index in [4.69, 9.17) is 5.11 Å². The Balaban J connectivity index is 2.83. The first kappa shape index (κ1) is 10.3. The predicted octanol–water partition coefficient (Wildman–Crippen LogP) is 0.270. The van der Waals surface area contributed by atoms with Crippen LogP contribution in [-0.4, -0.2) is 21.7 Å². The van der Waals surface area contributed by atoms with Crippen molar-refractivity contribution in [1.82, 2.24) is 4.57 Å². The number of aromatic nitrogens is 1. The Kier molecular flexibility index (Phi) is 2.91. The van der Waals surface area contributed by atoms with Crippen molar-refractivity contribution in [2.24, 2.45) is 7.05 Å². The van der Waals surface area contributed by atoms with Gasteiger partial charge in [-0.25, -0.2) is 0 Å². The average molecular weight is 196 g/mol. The second-order valence-electron chi connectivity index (χ2n) is 3.07. The molecule has 0 bridgehead atoms. The van der Waals surface area contributed by atoms with Gasteiger partial charge in [0.25, 0.3) is 5.56 Å². The molecule has 1 aromatic heterocycles. The van der Waals surface area contributed by atoms with Crippen LogP contribution in [0.25, 0.3) is 0 Å². The molecule has 0 fully saturated rings. The van der Waals surface area contributed by atoms with Crippen LogP contribution < -0.4 is 10.9 Å². The van der Waals surface area contributed by atoms with Crippen molar-refractivity contribution in [2.75, 3.05) is 5.32 Å². The van der Waals surface area contributed by atoms with Crippen LogP contribution in [0, 0.1) is 0 Å². The highest BCUT2D eigenvalue weighted by Gasteiger charge is 2.09. The lowest BCUT2D eigenvalue weighted by Crippen LogP contribution is -2.26. The highest BCUT2D eigenvalue weighted by Crippen LogP contribution is 2.03. The maximum Gasteiger partial charge on any atom is 0.325 e. The van der Waals surface area contributed by atoms with E-state index in [1.165, 1.54) is 17.6 Å². The number of pyridine rings is 1. The van der Waals surface area contributed by atoms with Crippen LogP contribution >= 0.6 is 0 Å². The van der Waals surface area contributed by atoms with Crippen LogP contribution in [0.1, 0.15) is 6.92 Å². The van der Waals surface area contributed by atoms with Gasteiger partial charge in [-0.3, -0.25) is 9.59 Å². The fourth-order valence-corrected chi connectivity index (χ4v) is 0.950. The zero-order valence-electron chi connectivity index (χ0n) is 8.02. The maximum absolute atomic E-state index is 11.2. The predicted molar refractivity (Wildman–Crippen MR) is 52.4 cm³/mol. The summed E-state index contributed by atoms with van der Waals surface area (Å²) in [5, 5.41) is 11.3. The van der Waals surface area contributed by atoms with Gasteiger partial charge in [-0.2, -0.15) is 0 Å². The second kappa shape index (κ2) is 3.95. The van der Waals surface area contributed by atoms with Gasteiger partial charge in [-0.15, -0.1) is 0 Å². The molecular weight excluding hydrogens is 184 g/mol. The van der Waals surface area contributed by atoms with E-state index in [2.05, 4.69) is 5.32 Å². The molecule has 0 aliphatic heterocycles. The van der Waals surface area contributed by atoms with E-state index in [1.807, 2.05) is 0 Å². The number of nitrogens with one attached hydrogen (secondary N) is 1. The third-order valence-corrected chi connectivity index (χ3v) is 1.86. The Morgan fingerprint density at radius 1 is 1.64 bits per heavy atom. The van der Waals surface area contributed by atoms with Crippen molar-refractivity contribution in [3.05, 3.63) is 28.7 Å². The van der Waals surface area contributed by atoms with E-state index >= 15 is 0 Å². The molecule has 5 nitrogen and oxygen atoms in total. The zero-order chi connectivity index (χ0) is 10.7. The Morgan fingerprint density at radius 2 is 2.29 bits per heavy atom. The summed E-state index contributed by atoms with van der Waals surface area (Å²) in [5.74, 6) is -0.953. The van der Waals surface area contributed by atoms with Crippen molar-refractivity contribution in [3.63, 3.8) is 0 Å². The van der Waals surface area contributed by atoms with Gasteiger partial charge in [0, 0.05) is 25.0 Å². The molecular formula is C9H12N2O3. The summed E-state index contributed by atoms with van der Waals surface area (Å²) < 4.78 is 1.41. The van der Waals surface area contributed by atoms with E-state index in [0.29, 0.717) is 5.69 Å². The molecule has 1 heterocycles. The van der Waals surface area contributed by atoms with Gasteiger partial charge in [0.2, 0.25) is 0 Å². The maximum atomic E-state index is 11.2. The van der Waals surface area contributed by atoms with Gasteiger partial charge in [0.1, 0.15) is 6.04 Å². The third kappa shape index (κ3) is 2.35. The minimum absolute atomic E-state index is 0.174. The molecule has 2 N–H and O–H groups in total. The highest BCUT2D eigenvalue weighted by atomic mass is 16.4. The fraction of sp³-hybridized carbons (Fsp3) is 0.333. The van der Waals surface area contributed by atoms with E-state index in [1.54, 1.807) is 19.3 Å². The highest BCUT2D eigenvalue weighted by molar-refractivity contribution is 5.76. The van der Waals surface area contributed by atoms with Crippen LogP contribution in [0.5, 0.6) is 0 Å². The minimum Gasteiger partial charge on any atom is -0.480 e.